The highest BCUT2D eigenvalue weighted by Crippen LogP contribution is 2.46. The number of halogens is 1. The highest BCUT2D eigenvalue weighted by atomic mass is 19.1. The van der Waals surface area contributed by atoms with E-state index in [0.29, 0.717) is 18.4 Å². The molecular weight excluding hydrogens is 455 g/mol. The van der Waals surface area contributed by atoms with Crippen LogP contribution in [0.3, 0.4) is 0 Å². The Morgan fingerprint density at radius 2 is 1.64 bits per heavy atom. The van der Waals surface area contributed by atoms with Gasteiger partial charge in [-0.25, -0.2) is 9.18 Å². The van der Waals surface area contributed by atoms with Crippen molar-refractivity contribution in [1.29, 1.82) is 5.26 Å². The third-order valence-corrected chi connectivity index (χ3v) is 8.12. The molecule has 182 valence electrons. The lowest BCUT2D eigenvalue weighted by molar-refractivity contribution is -0.0892. The third kappa shape index (κ3) is 3.75. The average Bonchev–Trinajstić information content (AvgIpc) is 3.20. The van der Waals surface area contributed by atoms with Gasteiger partial charge in [-0.2, -0.15) is 5.26 Å². The number of carbonyl (C=O) groups excluding carboxylic acids is 1. The summed E-state index contributed by atoms with van der Waals surface area (Å²) in [6.07, 6.45) is 2.70. The van der Waals surface area contributed by atoms with Crippen molar-refractivity contribution in [1.82, 2.24) is 4.90 Å². The summed E-state index contributed by atoms with van der Waals surface area (Å²) in [7, 11) is 0. The van der Waals surface area contributed by atoms with Crippen LogP contribution in [0.15, 0.2) is 66.7 Å². The predicted octanol–water partition coefficient (Wildman–Crippen LogP) is 5.85. The lowest BCUT2D eigenvalue weighted by Gasteiger charge is -2.51. The van der Waals surface area contributed by atoms with E-state index in [0.717, 1.165) is 19.3 Å². The maximum Gasteiger partial charge on any atom is 0.410 e. The van der Waals surface area contributed by atoms with Crippen LogP contribution in [0.5, 0.6) is 0 Å². The maximum atomic E-state index is 14.1. The quantitative estimate of drug-likeness (QED) is 0.508. The molecule has 2 unspecified atom stereocenters. The molecule has 5 nitrogen and oxygen atoms in total. The van der Waals surface area contributed by atoms with Crippen LogP contribution >= 0.6 is 0 Å². The fourth-order valence-electron chi connectivity index (χ4n) is 6.55. The number of amides is 1. The minimum Gasteiger partial charge on any atom is -0.448 e. The summed E-state index contributed by atoms with van der Waals surface area (Å²) < 4.78 is 20.1. The van der Waals surface area contributed by atoms with Crippen molar-refractivity contribution < 1.29 is 19.0 Å². The summed E-state index contributed by atoms with van der Waals surface area (Å²) >= 11 is 0. The van der Waals surface area contributed by atoms with Gasteiger partial charge in [-0.15, -0.1) is 0 Å². The van der Waals surface area contributed by atoms with Crippen LogP contribution in [0.2, 0.25) is 0 Å². The Morgan fingerprint density at radius 1 is 1.03 bits per heavy atom. The Balaban J connectivity index is 1.21. The minimum absolute atomic E-state index is 0.0142. The molecule has 2 aliphatic heterocycles. The molecule has 6 rings (SSSR count). The number of aliphatic hydroxyl groups is 1. The summed E-state index contributed by atoms with van der Waals surface area (Å²) in [5.41, 5.74) is 3.99. The van der Waals surface area contributed by atoms with Crippen molar-refractivity contribution in [2.75, 3.05) is 6.61 Å². The van der Waals surface area contributed by atoms with Crippen LogP contribution in [0, 0.1) is 17.1 Å². The minimum atomic E-state index is -1.29. The van der Waals surface area contributed by atoms with Gasteiger partial charge in [0.05, 0.1) is 17.2 Å². The molecule has 0 aromatic heterocycles. The Bertz CT molecular complexity index is 1320. The number of nitrogens with zero attached hydrogens (tertiary/aromatic N) is 2. The number of rotatable bonds is 3. The van der Waals surface area contributed by atoms with Crippen LogP contribution < -0.4 is 0 Å². The topological polar surface area (TPSA) is 73.6 Å². The molecule has 2 heterocycles. The Morgan fingerprint density at radius 3 is 2.25 bits per heavy atom. The second-order valence-electron chi connectivity index (χ2n) is 10.2. The van der Waals surface area contributed by atoms with Crippen LogP contribution in [-0.2, 0) is 10.3 Å². The molecule has 0 spiro atoms. The fraction of sp³-hybridized carbons (Fsp3) is 0.333. The van der Waals surface area contributed by atoms with Gasteiger partial charge in [0.1, 0.15) is 12.4 Å². The van der Waals surface area contributed by atoms with E-state index in [1.807, 2.05) is 30.3 Å². The van der Waals surface area contributed by atoms with Gasteiger partial charge in [0, 0.05) is 30.8 Å². The van der Waals surface area contributed by atoms with Crippen LogP contribution in [0.25, 0.3) is 11.1 Å². The van der Waals surface area contributed by atoms with E-state index in [9.17, 15) is 19.6 Å². The first kappa shape index (κ1) is 22.8. The summed E-state index contributed by atoms with van der Waals surface area (Å²) in [4.78, 5) is 15.2. The zero-order valence-corrected chi connectivity index (χ0v) is 19.9. The lowest BCUT2D eigenvalue weighted by atomic mass is 9.72. The number of ether oxygens (including phenoxy) is 1. The molecule has 3 aromatic rings. The number of nitriles is 1. The zero-order chi connectivity index (χ0) is 24.9. The first-order chi connectivity index (χ1) is 17.5. The zero-order valence-electron chi connectivity index (χ0n) is 19.9. The largest absolute Gasteiger partial charge is 0.448 e. The number of piperidine rings is 2. The number of hydrogen-bond acceptors (Lipinski definition) is 4. The second kappa shape index (κ2) is 8.76. The molecule has 2 atom stereocenters. The SMILES string of the molecule is N#Cc1cc(F)cc(C2(O)CC3CCCC(C2)N3C(=O)OCC2c3ccccc3-c3ccccc32)c1. The first-order valence-corrected chi connectivity index (χ1v) is 12.5. The van der Waals surface area contributed by atoms with Gasteiger partial charge >= 0.3 is 6.09 Å². The van der Waals surface area contributed by atoms with Crippen molar-refractivity contribution in [3.63, 3.8) is 0 Å². The Labute approximate surface area is 209 Å². The molecular formula is C30H27FN2O3. The molecule has 3 aliphatic rings. The smallest absolute Gasteiger partial charge is 0.410 e. The van der Waals surface area contributed by atoms with E-state index >= 15 is 0 Å². The molecule has 2 saturated heterocycles. The maximum absolute atomic E-state index is 14.1. The van der Waals surface area contributed by atoms with Crippen LogP contribution in [0.1, 0.15) is 60.3 Å². The van der Waals surface area contributed by atoms with Gasteiger partial charge in [-0.05, 0) is 65.3 Å². The van der Waals surface area contributed by atoms with E-state index in [1.165, 1.54) is 34.4 Å². The average molecular weight is 483 g/mol. The second-order valence-corrected chi connectivity index (χ2v) is 10.2. The van der Waals surface area contributed by atoms with Gasteiger partial charge in [0.2, 0.25) is 0 Å². The van der Waals surface area contributed by atoms with E-state index in [4.69, 9.17) is 4.74 Å². The Kier molecular flexibility index (Phi) is 5.54. The third-order valence-electron chi connectivity index (χ3n) is 8.12. The van der Waals surface area contributed by atoms with Gasteiger partial charge < -0.3 is 14.7 Å². The molecule has 1 N–H and O–H groups in total. The molecule has 3 aromatic carbocycles. The monoisotopic (exact) mass is 482 g/mol. The van der Waals surface area contributed by atoms with Crippen molar-refractivity contribution in [2.24, 2.45) is 0 Å². The van der Waals surface area contributed by atoms with Gasteiger partial charge in [-0.1, -0.05) is 48.5 Å². The molecule has 2 bridgehead atoms. The predicted molar refractivity (Wildman–Crippen MR) is 133 cm³/mol. The van der Waals surface area contributed by atoms with Crippen molar-refractivity contribution in [3.05, 3.63) is 94.8 Å². The highest BCUT2D eigenvalue weighted by Gasteiger charge is 2.49. The lowest BCUT2D eigenvalue weighted by Crippen LogP contribution is -2.59. The summed E-state index contributed by atoms with van der Waals surface area (Å²) in [6.45, 7) is 0.252. The summed E-state index contributed by atoms with van der Waals surface area (Å²) in [5, 5.41) is 20.8. The van der Waals surface area contributed by atoms with E-state index < -0.39 is 11.4 Å². The van der Waals surface area contributed by atoms with Crippen LogP contribution in [-0.4, -0.2) is 34.8 Å². The van der Waals surface area contributed by atoms with Crippen molar-refractivity contribution in [2.45, 2.75) is 55.7 Å². The number of benzene rings is 3. The molecule has 0 saturated carbocycles. The van der Waals surface area contributed by atoms with E-state index in [-0.39, 0.29) is 36.3 Å². The van der Waals surface area contributed by atoms with E-state index in [2.05, 4.69) is 24.3 Å². The highest BCUT2D eigenvalue weighted by molar-refractivity contribution is 5.79. The Hall–Kier alpha value is -3.69. The number of fused-ring (bicyclic) bond motifs is 5. The molecule has 1 aliphatic carbocycles. The van der Waals surface area contributed by atoms with Crippen LogP contribution in [0.4, 0.5) is 9.18 Å². The molecule has 36 heavy (non-hydrogen) atoms. The number of carbonyl (C=O) groups is 1. The molecule has 2 fully saturated rings. The first-order valence-electron chi connectivity index (χ1n) is 12.5. The normalized spacial score (nSPS) is 24.5. The molecule has 1 amide bonds. The van der Waals surface area contributed by atoms with Gasteiger partial charge in [0.15, 0.2) is 0 Å². The molecule has 0 radical (unpaired) electrons. The van der Waals surface area contributed by atoms with Gasteiger partial charge in [-0.3, -0.25) is 0 Å². The van der Waals surface area contributed by atoms with Crippen molar-refractivity contribution in [3.8, 4) is 17.2 Å². The van der Waals surface area contributed by atoms with E-state index in [1.54, 1.807) is 11.0 Å². The van der Waals surface area contributed by atoms with Gasteiger partial charge in [0.25, 0.3) is 0 Å². The summed E-state index contributed by atoms with van der Waals surface area (Å²) in [6, 6.07) is 22.1. The van der Waals surface area contributed by atoms with Crippen molar-refractivity contribution >= 4 is 6.09 Å². The summed E-state index contributed by atoms with van der Waals surface area (Å²) in [5.74, 6) is -0.554. The standard InChI is InChI=1S/C30H27FN2O3/c31-21-13-19(17-32)12-20(14-21)30(35)15-22-6-5-7-23(16-30)33(22)29(34)36-18-28-26-10-3-1-8-24(26)25-9-2-4-11-27(25)28/h1-4,8-14,22-23,28,35H,5-7,15-16,18H2. The fourth-order valence-corrected chi connectivity index (χ4v) is 6.55. The molecule has 6 heteroatoms. The number of hydrogen-bond donors (Lipinski definition) is 1.